The lowest BCUT2D eigenvalue weighted by atomic mass is 10.0. The second-order valence-corrected chi connectivity index (χ2v) is 4.25. The Kier molecular flexibility index (Phi) is 4.82. The van der Waals surface area contributed by atoms with E-state index in [4.69, 9.17) is 4.84 Å². The molecule has 0 aromatic carbocycles. The van der Waals surface area contributed by atoms with Crippen LogP contribution in [0.15, 0.2) is 11.6 Å². The summed E-state index contributed by atoms with van der Waals surface area (Å²) in [6.07, 6.45) is 6.92. The van der Waals surface area contributed by atoms with E-state index in [0.717, 1.165) is 25.7 Å². The van der Waals surface area contributed by atoms with E-state index < -0.39 is 0 Å². The van der Waals surface area contributed by atoms with Crippen LogP contribution in [-0.2, 0) is 9.63 Å². The summed E-state index contributed by atoms with van der Waals surface area (Å²) in [4.78, 5) is 16.9. The first kappa shape index (κ1) is 12.2. The number of nitrogens with zero attached hydrogens (tertiary/aromatic N) is 1. The Hall–Kier alpha value is -0.830. The lowest BCUT2D eigenvalue weighted by Crippen LogP contribution is -2.37. The van der Waals surface area contributed by atoms with Gasteiger partial charge in [-0.2, -0.15) is 0 Å². The maximum atomic E-state index is 11.8. The third-order valence-electron chi connectivity index (χ3n) is 2.80. The third-order valence-corrected chi connectivity index (χ3v) is 2.80. The van der Waals surface area contributed by atoms with Gasteiger partial charge in [0.1, 0.15) is 0 Å². The maximum Gasteiger partial charge on any atom is 0.246 e. The van der Waals surface area contributed by atoms with Gasteiger partial charge in [-0.15, -0.1) is 0 Å². The molecule has 0 N–H and O–H groups in total. The van der Waals surface area contributed by atoms with Crippen molar-refractivity contribution < 1.29 is 9.63 Å². The Labute approximate surface area is 92.0 Å². The number of hydrogen-bond donors (Lipinski definition) is 0. The van der Waals surface area contributed by atoms with Crippen molar-refractivity contribution in [3.63, 3.8) is 0 Å². The minimum absolute atomic E-state index is 0.111. The second kappa shape index (κ2) is 5.91. The second-order valence-electron chi connectivity index (χ2n) is 4.25. The number of amides is 1. The van der Waals surface area contributed by atoms with Gasteiger partial charge in [0.25, 0.3) is 0 Å². The molecular weight excluding hydrogens is 190 g/mol. The van der Waals surface area contributed by atoms with Crippen molar-refractivity contribution >= 4 is 5.91 Å². The molecule has 3 nitrogen and oxygen atoms in total. The first-order chi connectivity index (χ1) is 7.15. The molecule has 3 heteroatoms. The molecule has 1 atom stereocenters. The fourth-order valence-electron chi connectivity index (χ4n) is 2.04. The smallest absolute Gasteiger partial charge is 0.246 e. The molecule has 0 radical (unpaired) electrons. The molecule has 0 aliphatic carbocycles. The predicted molar refractivity (Wildman–Crippen MR) is 60.2 cm³/mol. The standard InChI is InChI=1S/C12H21NO2/c1-10-7-5-4-6-8-12(14)13(15-3)11(2)9-10/h7,11H,4-6,8-9H2,1-3H3/b10-7-. The highest BCUT2D eigenvalue weighted by molar-refractivity contribution is 5.75. The fraction of sp³-hybridized carbons (Fsp3) is 0.750. The number of rotatable bonds is 1. The lowest BCUT2D eigenvalue weighted by molar-refractivity contribution is -0.186. The van der Waals surface area contributed by atoms with Crippen LogP contribution in [0, 0.1) is 0 Å². The quantitative estimate of drug-likeness (QED) is 0.624. The zero-order valence-corrected chi connectivity index (χ0v) is 9.95. The van der Waals surface area contributed by atoms with Crippen LogP contribution in [0.4, 0.5) is 0 Å². The van der Waals surface area contributed by atoms with Crippen molar-refractivity contribution in [1.82, 2.24) is 5.06 Å². The van der Waals surface area contributed by atoms with Crippen LogP contribution in [0.2, 0.25) is 0 Å². The van der Waals surface area contributed by atoms with E-state index in [1.54, 1.807) is 7.11 Å². The molecule has 1 unspecified atom stereocenters. The zero-order chi connectivity index (χ0) is 11.3. The Morgan fingerprint density at radius 1 is 1.47 bits per heavy atom. The van der Waals surface area contributed by atoms with Gasteiger partial charge in [-0.1, -0.05) is 11.6 Å². The largest absolute Gasteiger partial charge is 0.274 e. The van der Waals surface area contributed by atoms with Crippen molar-refractivity contribution in [3.05, 3.63) is 11.6 Å². The molecule has 0 aromatic heterocycles. The molecule has 0 bridgehead atoms. The summed E-state index contributed by atoms with van der Waals surface area (Å²) < 4.78 is 0. The number of hydrogen-bond acceptors (Lipinski definition) is 2. The number of carbonyl (C=O) groups excluding carboxylic acids is 1. The van der Waals surface area contributed by atoms with Crippen molar-refractivity contribution in [1.29, 1.82) is 0 Å². The number of hydroxylamine groups is 2. The Morgan fingerprint density at radius 2 is 2.20 bits per heavy atom. The highest BCUT2D eigenvalue weighted by Crippen LogP contribution is 2.17. The molecule has 15 heavy (non-hydrogen) atoms. The number of allylic oxidation sites excluding steroid dienone is 1. The van der Waals surface area contributed by atoms with Crippen LogP contribution < -0.4 is 0 Å². The molecule has 0 saturated carbocycles. The first-order valence-electron chi connectivity index (χ1n) is 5.67. The minimum Gasteiger partial charge on any atom is -0.274 e. The Morgan fingerprint density at radius 3 is 2.87 bits per heavy atom. The van der Waals surface area contributed by atoms with Crippen molar-refractivity contribution in [2.24, 2.45) is 0 Å². The third kappa shape index (κ3) is 3.67. The predicted octanol–water partition coefficient (Wildman–Crippen LogP) is 2.68. The normalized spacial score (nSPS) is 28.5. The average Bonchev–Trinajstić information content (AvgIpc) is 2.17. The van der Waals surface area contributed by atoms with E-state index in [2.05, 4.69) is 13.0 Å². The van der Waals surface area contributed by atoms with E-state index >= 15 is 0 Å². The van der Waals surface area contributed by atoms with E-state index in [9.17, 15) is 4.79 Å². The van der Waals surface area contributed by atoms with Crippen molar-refractivity contribution in [3.8, 4) is 0 Å². The molecule has 1 heterocycles. The monoisotopic (exact) mass is 211 g/mol. The van der Waals surface area contributed by atoms with Crippen LogP contribution in [0.3, 0.4) is 0 Å². The van der Waals surface area contributed by atoms with Gasteiger partial charge in [-0.25, -0.2) is 5.06 Å². The van der Waals surface area contributed by atoms with Gasteiger partial charge in [0.15, 0.2) is 0 Å². The molecule has 1 aliphatic heterocycles. The van der Waals surface area contributed by atoms with Gasteiger partial charge in [0.2, 0.25) is 5.91 Å². The molecule has 0 spiro atoms. The van der Waals surface area contributed by atoms with Crippen LogP contribution >= 0.6 is 0 Å². The highest BCUT2D eigenvalue weighted by Gasteiger charge is 2.20. The average molecular weight is 211 g/mol. The van der Waals surface area contributed by atoms with Gasteiger partial charge in [0, 0.05) is 6.42 Å². The SMILES string of the molecule is CON1C(=O)CCCC/C=C(/C)CC1C. The van der Waals surface area contributed by atoms with Gasteiger partial charge in [-0.3, -0.25) is 9.63 Å². The van der Waals surface area contributed by atoms with Gasteiger partial charge in [0.05, 0.1) is 13.2 Å². The summed E-state index contributed by atoms with van der Waals surface area (Å²) in [7, 11) is 1.57. The maximum absolute atomic E-state index is 11.8. The van der Waals surface area contributed by atoms with Crippen LogP contribution in [-0.4, -0.2) is 24.1 Å². The first-order valence-corrected chi connectivity index (χ1v) is 5.67. The molecule has 1 rings (SSSR count). The summed E-state index contributed by atoms with van der Waals surface area (Å²) in [6.45, 7) is 4.15. The molecular formula is C12H21NO2. The van der Waals surface area contributed by atoms with E-state index in [-0.39, 0.29) is 11.9 Å². The van der Waals surface area contributed by atoms with Crippen LogP contribution in [0.1, 0.15) is 46.0 Å². The van der Waals surface area contributed by atoms with E-state index in [1.807, 2.05) is 6.92 Å². The van der Waals surface area contributed by atoms with Crippen LogP contribution in [0.5, 0.6) is 0 Å². The summed E-state index contributed by atoms with van der Waals surface area (Å²) in [5, 5.41) is 1.52. The summed E-state index contributed by atoms with van der Waals surface area (Å²) in [5.74, 6) is 0.111. The molecule has 86 valence electrons. The summed E-state index contributed by atoms with van der Waals surface area (Å²) in [5.41, 5.74) is 1.35. The van der Waals surface area contributed by atoms with Gasteiger partial charge < -0.3 is 0 Å². The summed E-state index contributed by atoms with van der Waals surface area (Å²) >= 11 is 0. The molecule has 0 saturated heterocycles. The van der Waals surface area contributed by atoms with Crippen molar-refractivity contribution in [2.45, 2.75) is 52.0 Å². The summed E-state index contributed by atoms with van der Waals surface area (Å²) in [6, 6.07) is 0.136. The van der Waals surface area contributed by atoms with E-state index in [1.165, 1.54) is 10.6 Å². The minimum atomic E-state index is 0.111. The Balaban J connectivity index is 2.72. The highest BCUT2D eigenvalue weighted by atomic mass is 16.7. The topological polar surface area (TPSA) is 29.5 Å². The lowest BCUT2D eigenvalue weighted by Gasteiger charge is -2.27. The van der Waals surface area contributed by atoms with Gasteiger partial charge >= 0.3 is 0 Å². The van der Waals surface area contributed by atoms with Crippen molar-refractivity contribution in [2.75, 3.05) is 7.11 Å². The van der Waals surface area contributed by atoms with Crippen LogP contribution in [0.25, 0.3) is 0 Å². The zero-order valence-electron chi connectivity index (χ0n) is 9.95. The molecule has 1 amide bonds. The van der Waals surface area contributed by atoms with Gasteiger partial charge in [-0.05, 0) is 39.5 Å². The molecule has 1 aliphatic rings. The molecule has 0 aromatic rings. The number of carbonyl (C=O) groups is 1. The van der Waals surface area contributed by atoms with E-state index in [0.29, 0.717) is 6.42 Å². The Bertz CT molecular complexity index is 248. The fourth-order valence-corrected chi connectivity index (χ4v) is 2.04. The molecule has 0 fully saturated rings.